The van der Waals surface area contributed by atoms with E-state index in [1.165, 1.54) is 13.2 Å². The van der Waals surface area contributed by atoms with Crippen molar-refractivity contribution < 1.29 is 19.7 Å². The summed E-state index contributed by atoms with van der Waals surface area (Å²) in [5, 5.41) is 19.0. The van der Waals surface area contributed by atoms with Gasteiger partial charge in [-0.15, -0.1) is 0 Å². The normalized spacial score (nSPS) is 10.2. The lowest BCUT2D eigenvalue weighted by Crippen LogP contribution is -2.01. The van der Waals surface area contributed by atoms with Crippen LogP contribution in [0.2, 0.25) is 5.02 Å². The predicted octanol–water partition coefficient (Wildman–Crippen LogP) is 2.99. The van der Waals surface area contributed by atoms with Crippen molar-refractivity contribution in [3.63, 3.8) is 0 Å². The fraction of sp³-hybridized carbons (Fsp3) is 0.0714. The molecule has 2 rings (SSSR count). The van der Waals surface area contributed by atoms with E-state index >= 15 is 0 Å². The van der Waals surface area contributed by atoms with E-state index in [9.17, 15) is 15.0 Å². The average molecular weight is 279 g/mol. The number of carbonyl (C=O) groups is 1. The van der Waals surface area contributed by atoms with Crippen molar-refractivity contribution in [2.45, 2.75) is 0 Å². The van der Waals surface area contributed by atoms with Gasteiger partial charge in [0.1, 0.15) is 17.2 Å². The summed E-state index contributed by atoms with van der Waals surface area (Å²) < 4.78 is 5.00. The molecule has 2 N–H and O–H groups in total. The van der Waals surface area contributed by atoms with Crippen molar-refractivity contribution in [3.8, 4) is 17.2 Å². The lowest BCUT2D eigenvalue weighted by Gasteiger charge is -2.07. The number of benzene rings is 2. The van der Waals surface area contributed by atoms with Gasteiger partial charge in [0.15, 0.2) is 5.78 Å². The van der Waals surface area contributed by atoms with E-state index in [1.807, 2.05) is 0 Å². The van der Waals surface area contributed by atoms with Crippen LogP contribution in [0.5, 0.6) is 17.2 Å². The molecule has 0 aliphatic rings. The minimum Gasteiger partial charge on any atom is -0.507 e. The van der Waals surface area contributed by atoms with Gasteiger partial charge in [-0.25, -0.2) is 0 Å². The van der Waals surface area contributed by atoms with Gasteiger partial charge in [-0.05, 0) is 30.3 Å². The fourth-order valence-corrected chi connectivity index (χ4v) is 1.79. The molecule has 0 fully saturated rings. The third-order valence-electron chi connectivity index (χ3n) is 2.66. The molecule has 19 heavy (non-hydrogen) atoms. The van der Waals surface area contributed by atoms with Crippen molar-refractivity contribution in [3.05, 3.63) is 52.5 Å². The molecule has 0 unspecified atom stereocenters. The van der Waals surface area contributed by atoms with E-state index in [2.05, 4.69) is 0 Å². The van der Waals surface area contributed by atoms with Gasteiger partial charge < -0.3 is 14.9 Å². The maximum absolute atomic E-state index is 12.2. The highest BCUT2D eigenvalue weighted by atomic mass is 35.5. The molecular formula is C14H11ClO4. The van der Waals surface area contributed by atoms with Crippen LogP contribution in [0.15, 0.2) is 36.4 Å². The van der Waals surface area contributed by atoms with Crippen LogP contribution in [0, 0.1) is 0 Å². The minimum absolute atomic E-state index is 0.00895. The molecule has 0 heterocycles. The maximum Gasteiger partial charge on any atom is 0.196 e. The van der Waals surface area contributed by atoms with Crippen LogP contribution in [0.3, 0.4) is 0 Å². The molecule has 0 amide bonds. The summed E-state index contributed by atoms with van der Waals surface area (Å²) in [4.78, 5) is 12.2. The summed E-state index contributed by atoms with van der Waals surface area (Å²) in [7, 11) is 1.53. The van der Waals surface area contributed by atoms with Gasteiger partial charge in [0, 0.05) is 11.6 Å². The molecule has 0 bridgehead atoms. The maximum atomic E-state index is 12.2. The molecule has 0 radical (unpaired) electrons. The molecule has 5 heteroatoms. The SMILES string of the molecule is COc1ccc(C(=O)c2cc(Cl)c(O)cc2O)cc1. The zero-order valence-electron chi connectivity index (χ0n) is 10.1. The first-order valence-corrected chi connectivity index (χ1v) is 5.81. The second-order valence-corrected chi connectivity index (χ2v) is 4.29. The zero-order chi connectivity index (χ0) is 14.0. The molecule has 0 atom stereocenters. The monoisotopic (exact) mass is 278 g/mol. The number of phenolic OH excluding ortho intramolecular Hbond substituents is 2. The van der Waals surface area contributed by atoms with Gasteiger partial charge in [0.25, 0.3) is 0 Å². The van der Waals surface area contributed by atoms with Crippen LogP contribution in [-0.4, -0.2) is 23.1 Å². The molecule has 0 saturated heterocycles. The Labute approximate surface area is 114 Å². The summed E-state index contributed by atoms with van der Waals surface area (Å²) in [6.07, 6.45) is 0. The molecule has 0 spiro atoms. The Balaban J connectivity index is 2.40. The summed E-state index contributed by atoms with van der Waals surface area (Å²) in [6, 6.07) is 8.74. The Morgan fingerprint density at radius 3 is 2.32 bits per heavy atom. The number of rotatable bonds is 3. The Kier molecular flexibility index (Phi) is 3.62. The molecular weight excluding hydrogens is 268 g/mol. The topological polar surface area (TPSA) is 66.8 Å². The summed E-state index contributed by atoms with van der Waals surface area (Å²) in [5.41, 5.74) is 0.422. The zero-order valence-corrected chi connectivity index (χ0v) is 10.8. The molecule has 0 aromatic heterocycles. The molecule has 0 saturated carbocycles. The lowest BCUT2D eigenvalue weighted by atomic mass is 10.0. The third kappa shape index (κ3) is 2.63. The van der Waals surface area contributed by atoms with E-state index in [1.54, 1.807) is 24.3 Å². The van der Waals surface area contributed by atoms with Crippen molar-refractivity contribution in [1.82, 2.24) is 0 Å². The lowest BCUT2D eigenvalue weighted by molar-refractivity contribution is 0.103. The Morgan fingerprint density at radius 1 is 1.11 bits per heavy atom. The van der Waals surface area contributed by atoms with Gasteiger partial charge in [0.05, 0.1) is 17.7 Å². The fourth-order valence-electron chi connectivity index (χ4n) is 1.63. The van der Waals surface area contributed by atoms with E-state index in [-0.39, 0.29) is 27.9 Å². The third-order valence-corrected chi connectivity index (χ3v) is 2.96. The highest BCUT2D eigenvalue weighted by Gasteiger charge is 2.16. The number of halogens is 1. The van der Waals surface area contributed by atoms with E-state index in [0.717, 1.165) is 6.07 Å². The Hall–Kier alpha value is -2.20. The van der Waals surface area contributed by atoms with E-state index in [0.29, 0.717) is 11.3 Å². The van der Waals surface area contributed by atoms with Crippen molar-refractivity contribution in [1.29, 1.82) is 0 Å². The smallest absolute Gasteiger partial charge is 0.196 e. The number of methoxy groups -OCH3 is 1. The summed E-state index contributed by atoms with van der Waals surface area (Å²) in [6.45, 7) is 0. The largest absolute Gasteiger partial charge is 0.507 e. The van der Waals surface area contributed by atoms with Crippen molar-refractivity contribution in [2.75, 3.05) is 7.11 Å². The highest BCUT2D eigenvalue weighted by molar-refractivity contribution is 6.32. The Morgan fingerprint density at radius 2 is 1.74 bits per heavy atom. The van der Waals surface area contributed by atoms with Crippen molar-refractivity contribution in [2.24, 2.45) is 0 Å². The molecule has 98 valence electrons. The first kappa shape index (κ1) is 13.2. The van der Waals surface area contributed by atoms with E-state index < -0.39 is 0 Å². The van der Waals surface area contributed by atoms with Gasteiger partial charge >= 0.3 is 0 Å². The molecule has 4 nitrogen and oxygen atoms in total. The van der Waals surface area contributed by atoms with Gasteiger partial charge in [-0.3, -0.25) is 4.79 Å². The van der Waals surface area contributed by atoms with E-state index in [4.69, 9.17) is 16.3 Å². The number of ketones is 1. The predicted molar refractivity (Wildman–Crippen MR) is 71.2 cm³/mol. The first-order chi connectivity index (χ1) is 9.02. The average Bonchev–Trinajstić information content (AvgIpc) is 2.42. The first-order valence-electron chi connectivity index (χ1n) is 5.43. The molecule has 0 aliphatic carbocycles. The van der Waals surface area contributed by atoms with Gasteiger partial charge in [-0.2, -0.15) is 0 Å². The van der Waals surface area contributed by atoms with Gasteiger partial charge in [0.2, 0.25) is 0 Å². The molecule has 2 aromatic carbocycles. The van der Waals surface area contributed by atoms with Crippen LogP contribution in [0.25, 0.3) is 0 Å². The number of hydrogen-bond donors (Lipinski definition) is 2. The van der Waals surface area contributed by atoms with Crippen LogP contribution in [0.1, 0.15) is 15.9 Å². The second kappa shape index (κ2) is 5.20. The molecule has 0 aliphatic heterocycles. The van der Waals surface area contributed by atoms with Gasteiger partial charge in [-0.1, -0.05) is 11.6 Å². The standard InChI is InChI=1S/C14H11ClO4/c1-19-9-4-2-8(3-5-9)14(18)10-6-11(15)13(17)7-12(10)16/h2-7,16-17H,1H3. The summed E-state index contributed by atoms with van der Waals surface area (Å²) in [5.74, 6) is -0.347. The van der Waals surface area contributed by atoms with Crippen LogP contribution >= 0.6 is 11.6 Å². The number of hydrogen-bond acceptors (Lipinski definition) is 4. The number of phenols is 2. The minimum atomic E-state index is -0.387. The van der Waals surface area contributed by atoms with Crippen molar-refractivity contribution >= 4 is 17.4 Å². The number of carbonyl (C=O) groups excluding carboxylic acids is 1. The quantitative estimate of drug-likeness (QED) is 0.847. The second-order valence-electron chi connectivity index (χ2n) is 3.88. The van der Waals surface area contributed by atoms with Crippen LogP contribution in [-0.2, 0) is 0 Å². The Bertz CT molecular complexity index is 620. The van der Waals surface area contributed by atoms with Crippen LogP contribution in [0.4, 0.5) is 0 Å². The molecule has 2 aromatic rings. The number of ether oxygens (including phenoxy) is 1. The highest BCUT2D eigenvalue weighted by Crippen LogP contribution is 2.32. The number of aromatic hydroxyl groups is 2. The summed E-state index contributed by atoms with van der Waals surface area (Å²) >= 11 is 5.73. The van der Waals surface area contributed by atoms with Crippen LogP contribution < -0.4 is 4.74 Å².